The van der Waals surface area contributed by atoms with Crippen LogP contribution in [0.3, 0.4) is 0 Å². The van der Waals surface area contributed by atoms with E-state index in [0.717, 1.165) is 39.2 Å². The van der Waals surface area contributed by atoms with Crippen LogP contribution in [0.1, 0.15) is 22.4 Å². The van der Waals surface area contributed by atoms with Crippen LogP contribution in [0.5, 0.6) is 11.5 Å². The molecule has 6 rings (SSSR count). The number of benzene rings is 3. The number of aromatic nitrogens is 1. The maximum absolute atomic E-state index is 14.0. The van der Waals surface area contributed by atoms with Crippen LogP contribution in [0.4, 0.5) is 5.69 Å². The van der Waals surface area contributed by atoms with Crippen molar-refractivity contribution in [3.63, 3.8) is 0 Å². The molecule has 2 aliphatic heterocycles. The fourth-order valence-corrected chi connectivity index (χ4v) is 4.80. The van der Waals surface area contributed by atoms with Gasteiger partial charge in [-0.15, -0.1) is 0 Å². The number of nitrogens with zero attached hydrogens (tertiary/aromatic N) is 2. The van der Waals surface area contributed by atoms with Gasteiger partial charge in [0.05, 0.1) is 19.3 Å². The molecule has 31 heavy (non-hydrogen) atoms. The van der Waals surface area contributed by atoms with E-state index in [1.807, 2.05) is 72.5 Å². The summed E-state index contributed by atoms with van der Waals surface area (Å²) in [6, 6.07) is 19.6. The first-order chi connectivity index (χ1) is 15.1. The van der Waals surface area contributed by atoms with Gasteiger partial charge in [0.2, 0.25) is 5.91 Å². The molecular weight excluding hydrogens is 392 g/mol. The van der Waals surface area contributed by atoms with Gasteiger partial charge in [0.1, 0.15) is 23.5 Å². The maximum Gasteiger partial charge on any atom is 0.246 e. The summed E-state index contributed by atoms with van der Waals surface area (Å²) in [6.07, 6.45) is 0. The Morgan fingerprint density at radius 3 is 2.71 bits per heavy atom. The molecule has 6 nitrogen and oxygen atoms in total. The number of ether oxygens (including phenoxy) is 2. The Balaban J connectivity index is 1.49. The van der Waals surface area contributed by atoms with Gasteiger partial charge in [-0.05, 0) is 42.3 Å². The van der Waals surface area contributed by atoms with Crippen molar-refractivity contribution in [3.8, 4) is 11.5 Å². The highest BCUT2D eigenvalue weighted by molar-refractivity contribution is 6.12. The van der Waals surface area contributed by atoms with Crippen LogP contribution in [0.25, 0.3) is 11.0 Å². The predicted molar refractivity (Wildman–Crippen MR) is 116 cm³/mol. The van der Waals surface area contributed by atoms with Gasteiger partial charge in [-0.1, -0.05) is 35.5 Å². The van der Waals surface area contributed by atoms with Gasteiger partial charge in [-0.25, -0.2) is 0 Å². The van der Waals surface area contributed by atoms with Gasteiger partial charge in [-0.3, -0.25) is 4.79 Å². The first-order valence-electron chi connectivity index (χ1n) is 10.2. The number of amides is 1. The van der Waals surface area contributed by atoms with Crippen LogP contribution < -0.4 is 14.4 Å². The monoisotopic (exact) mass is 412 g/mol. The van der Waals surface area contributed by atoms with E-state index in [4.69, 9.17) is 14.0 Å². The van der Waals surface area contributed by atoms with Crippen molar-refractivity contribution in [3.05, 3.63) is 83.0 Å². The Kier molecular flexibility index (Phi) is 3.69. The summed E-state index contributed by atoms with van der Waals surface area (Å²) in [5.74, 6) is 1.49. The molecule has 2 aliphatic rings. The summed E-state index contributed by atoms with van der Waals surface area (Å²) >= 11 is 0. The van der Waals surface area contributed by atoms with Gasteiger partial charge in [0.25, 0.3) is 0 Å². The average Bonchev–Trinajstić information content (AvgIpc) is 3.43. The lowest BCUT2D eigenvalue weighted by molar-refractivity contribution is -0.122. The second kappa shape index (κ2) is 6.35. The third-order valence-electron chi connectivity index (χ3n) is 6.42. The predicted octanol–water partition coefficient (Wildman–Crippen LogP) is 4.37. The number of aryl methyl sites for hydroxylation is 1. The molecule has 0 saturated carbocycles. The van der Waals surface area contributed by atoms with Crippen LogP contribution in [0.2, 0.25) is 0 Å². The lowest BCUT2D eigenvalue weighted by Crippen LogP contribution is -2.42. The third kappa shape index (κ3) is 2.39. The van der Waals surface area contributed by atoms with E-state index >= 15 is 0 Å². The molecule has 4 aromatic rings. The first-order valence-corrected chi connectivity index (χ1v) is 10.2. The Labute approximate surface area is 179 Å². The molecule has 1 unspecified atom stereocenters. The van der Waals surface area contributed by atoms with Crippen LogP contribution in [0.15, 0.2) is 65.2 Å². The molecule has 1 aromatic heterocycles. The molecule has 0 radical (unpaired) electrons. The molecule has 0 aliphatic carbocycles. The smallest absolute Gasteiger partial charge is 0.246 e. The molecule has 6 heteroatoms. The van der Waals surface area contributed by atoms with Gasteiger partial charge < -0.3 is 18.9 Å². The van der Waals surface area contributed by atoms with Gasteiger partial charge >= 0.3 is 0 Å². The fourth-order valence-electron chi connectivity index (χ4n) is 4.80. The van der Waals surface area contributed by atoms with E-state index in [0.29, 0.717) is 17.9 Å². The number of hydrogen-bond acceptors (Lipinski definition) is 5. The molecule has 1 amide bonds. The van der Waals surface area contributed by atoms with Crippen molar-refractivity contribution < 1.29 is 18.8 Å². The van der Waals surface area contributed by atoms with Gasteiger partial charge in [-0.2, -0.15) is 0 Å². The van der Waals surface area contributed by atoms with Gasteiger partial charge in [0, 0.05) is 22.7 Å². The summed E-state index contributed by atoms with van der Waals surface area (Å²) < 4.78 is 16.7. The Bertz CT molecular complexity index is 1340. The zero-order valence-electron chi connectivity index (χ0n) is 17.2. The summed E-state index contributed by atoms with van der Waals surface area (Å²) in [7, 11) is 1.64. The van der Waals surface area contributed by atoms with Crippen molar-refractivity contribution in [2.45, 2.75) is 18.9 Å². The van der Waals surface area contributed by atoms with Crippen LogP contribution in [-0.4, -0.2) is 24.8 Å². The highest BCUT2D eigenvalue weighted by atomic mass is 16.5. The van der Waals surface area contributed by atoms with E-state index in [1.54, 1.807) is 7.11 Å². The van der Waals surface area contributed by atoms with E-state index in [9.17, 15) is 4.79 Å². The minimum Gasteiger partial charge on any atom is -0.497 e. The van der Waals surface area contributed by atoms with Crippen LogP contribution >= 0.6 is 0 Å². The average molecular weight is 412 g/mol. The fraction of sp³-hybridized carbons (Fsp3) is 0.200. The standard InChI is InChI=1S/C25H20N2O4/c1-15-18-11-20-23(12-22(18)31-26-15)30-14-25(20)19-5-3-4-6-21(19)27(24(25)28)13-16-7-9-17(29-2)10-8-16/h3-12H,13-14H2,1-2H3. The molecule has 0 N–H and O–H groups in total. The molecule has 1 spiro atoms. The normalized spacial score (nSPS) is 19.0. The largest absolute Gasteiger partial charge is 0.497 e. The first kappa shape index (κ1) is 18.0. The summed E-state index contributed by atoms with van der Waals surface area (Å²) in [5, 5.41) is 4.97. The molecule has 0 fully saturated rings. The lowest BCUT2D eigenvalue weighted by Gasteiger charge is -2.23. The number of rotatable bonds is 3. The number of fused-ring (bicyclic) bond motifs is 5. The Morgan fingerprint density at radius 2 is 1.90 bits per heavy atom. The molecule has 3 heterocycles. The topological polar surface area (TPSA) is 64.8 Å². The maximum atomic E-state index is 14.0. The van der Waals surface area contributed by atoms with Crippen molar-refractivity contribution in [1.82, 2.24) is 5.16 Å². The Morgan fingerprint density at radius 1 is 1.10 bits per heavy atom. The summed E-state index contributed by atoms with van der Waals surface area (Å²) in [4.78, 5) is 15.9. The SMILES string of the molecule is COc1ccc(CN2C(=O)C3(COc4cc5onc(C)c5cc43)c3ccccc32)cc1. The van der Waals surface area contributed by atoms with E-state index in [-0.39, 0.29) is 12.5 Å². The summed E-state index contributed by atoms with van der Waals surface area (Å²) in [6.45, 7) is 2.66. The van der Waals surface area contributed by atoms with Crippen molar-refractivity contribution in [2.24, 2.45) is 0 Å². The van der Waals surface area contributed by atoms with Gasteiger partial charge in [0.15, 0.2) is 5.58 Å². The number of carbonyl (C=O) groups excluding carboxylic acids is 1. The zero-order chi connectivity index (χ0) is 21.2. The number of para-hydroxylation sites is 1. The van der Waals surface area contributed by atoms with Crippen molar-refractivity contribution >= 4 is 22.6 Å². The van der Waals surface area contributed by atoms with Crippen molar-refractivity contribution in [1.29, 1.82) is 0 Å². The molecule has 1 atom stereocenters. The van der Waals surface area contributed by atoms with E-state index in [1.165, 1.54) is 0 Å². The quantitative estimate of drug-likeness (QED) is 0.500. The number of methoxy groups -OCH3 is 1. The number of carbonyl (C=O) groups is 1. The lowest BCUT2D eigenvalue weighted by atomic mass is 9.77. The van der Waals surface area contributed by atoms with E-state index in [2.05, 4.69) is 5.16 Å². The second-order valence-electron chi connectivity index (χ2n) is 8.06. The minimum absolute atomic E-state index is 0.0247. The highest BCUT2D eigenvalue weighted by Gasteiger charge is 2.57. The number of anilines is 1. The number of hydrogen-bond donors (Lipinski definition) is 0. The second-order valence-corrected chi connectivity index (χ2v) is 8.06. The van der Waals surface area contributed by atoms with E-state index < -0.39 is 5.41 Å². The molecule has 0 saturated heterocycles. The Hall–Kier alpha value is -3.80. The molecule has 0 bridgehead atoms. The molecule has 3 aromatic carbocycles. The van der Waals surface area contributed by atoms with Crippen molar-refractivity contribution in [2.75, 3.05) is 18.6 Å². The van der Waals surface area contributed by atoms with Crippen LogP contribution in [0, 0.1) is 6.92 Å². The summed E-state index contributed by atoms with van der Waals surface area (Å²) in [5.41, 5.74) is 4.40. The molecule has 154 valence electrons. The molecular formula is C25H20N2O4. The minimum atomic E-state index is -0.865. The van der Waals surface area contributed by atoms with Crippen LogP contribution in [-0.2, 0) is 16.8 Å². The highest BCUT2D eigenvalue weighted by Crippen LogP contribution is 2.53. The third-order valence-corrected chi connectivity index (χ3v) is 6.42. The zero-order valence-corrected chi connectivity index (χ0v) is 17.2.